The van der Waals surface area contributed by atoms with E-state index in [9.17, 15) is 22.8 Å². The number of ketones is 1. The Kier molecular flexibility index (Phi) is 5.66. The largest absolute Gasteiger partial charge is 0.456 e. The van der Waals surface area contributed by atoms with Crippen LogP contribution in [0.25, 0.3) is 10.4 Å². The quantitative estimate of drug-likeness (QED) is 0.403. The molecule has 0 aliphatic heterocycles. The Morgan fingerprint density at radius 1 is 1.22 bits per heavy atom. The first-order valence-corrected chi connectivity index (χ1v) is 10.1. The zero-order valence-electron chi connectivity index (χ0n) is 16.5. The monoisotopic (exact) mass is 460 g/mol. The highest BCUT2D eigenvalue weighted by Crippen LogP contribution is 2.34. The average molecular weight is 460 g/mol. The number of Topliss-reactive ketones (excluding diaryl/α,β-unsaturated/α-hetero) is 1. The number of benzene rings is 1. The van der Waals surface area contributed by atoms with Crippen molar-refractivity contribution in [2.75, 3.05) is 5.32 Å². The maximum Gasteiger partial charge on any atom is 0.416 e. The van der Waals surface area contributed by atoms with Crippen LogP contribution in [-0.2, 0) is 12.7 Å². The van der Waals surface area contributed by atoms with E-state index < -0.39 is 17.6 Å². The van der Waals surface area contributed by atoms with Crippen LogP contribution in [-0.4, -0.2) is 26.5 Å². The first-order chi connectivity index (χ1) is 15.2. The second kappa shape index (κ2) is 8.42. The molecule has 1 amide bonds. The molecule has 0 saturated heterocycles. The van der Waals surface area contributed by atoms with E-state index in [0.29, 0.717) is 16.3 Å². The molecule has 0 fully saturated rings. The van der Waals surface area contributed by atoms with E-state index in [0.717, 1.165) is 23.5 Å². The summed E-state index contributed by atoms with van der Waals surface area (Å²) in [6, 6.07) is 7.97. The summed E-state index contributed by atoms with van der Waals surface area (Å²) in [5, 5.41) is 6.78. The molecule has 0 radical (unpaired) electrons. The number of thiazole rings is 1. The lowest BCUT2D eigenvalue weighted by Gasteiger charge is -2.08. The van der Waals surface area contributed by atoms with Crippen molar-refractivity contribution in [3.8, 4) is 10.4 Å². The van der Waals surface area contributed by atoms with Crippen molar-refractivity contribution in [3.63, 3.8) is 0 Å². The Hall–Kier alpha value is -3.73. The van der Waals surface area contributed by atoms with Crippen molar-refractivity contribution in [2.45, 2.75) is 19.6 Å². The lowest BCUT2D eigenvalue weighted by molar-refractivity contribution is -0.137. The number of anilines is 1. The summed E-state index contributed by atoms with van der Waals surface area (Å²) < 4.78 is 46.0. The number of furan rings is 1. The van der Waals surface area contributed by atoms with Crippen LogP contribution in [0.5, 0.6) is 0 Å². The second-order valence-corrected chi connectivity index (χ2v) is 7.67. The number of hydrogen-bond donors (Lipinski definition) is 1. The van der Waals surface area contributed by atoms with Gasteiger partial charge in [0.25, 0.3) is 5.91 Å². The van der Waals surface area contributed by atoms with E-state index in [1.165, 1.54) is 35.4 Å². The smallest absolute Gasteiger partial charge is 0.416 e. The predicted octanol–water partition coefficient (Wildman–Crippen LogP) is 5.12. The molecule has 3 aromatic heterocycles. The topological polar surface area (TPSA) is 90.0 Å². The van der Waals surface area contributed by atoms with E-state index in [1.54, 1.807) is 18.3 Å². The van der Waals surface area contributed by atoms with Crippen LogP contribution < -0.4 is 5.32 Å². The predicted molar refractivity (Wildman–Crippen MR) is 111 cm³/mol. The number of hydrogen-bond acceptors (Lipinski definition) is 6. The Labute approximate surface area is 183 Å². The third-order valence-corrected chi connectivity index (χ3v) is 5.33. The number of carbonyl (C=O) groups is 2. The molecule has 0 aliphatic rings. The molecule has 1 N–H and O–H groups in total. The van der Waals surface area contributed by atoms with Gasteiger partial charge in [-0.2, -0.15) is 18.3 Å². The summed E-state index contributed by atoms with van der Waals surface area (Å²) >= 11 is 1.07. The van der Waals surface area contributed by atoms with Gasteiger partial charge in [-0.1, -0.05) is 12.1 Å². The van der Waals surface area contributed by atoms with E-state index in [2.05, 4.69) is 15.4 Å². The Bertz CT molecular complexity index is 1290. The normalized spacial score (nSPS) is 11.5. The molecule has 32 heavy (non-hydrogen) atoms. The minimum Gasteiger partial charge on any atom is -0.456 e. The highest BCUT2D eigenvalue weighted by molar-refractivity contribution is 7.13. The van der Waals surface area contributed by atoms with Crippen LogP contribution in [0, 0.1) is 0 Å². The molecule has 0 atom stereocenters. The molecule has 3 heterocycles. The zero-order chi connectivity index (χ0) is 22.9. The maximum absolute atomic E-state index is 13.0. The molecule has 0 bridgehead atoms. The zero-order valence-corrected chi connectivity index (χ0v) is 17.3. The SMILES string of the molecule is CC(=O)c1ccc(Cn2cc(NC(=O)c3ncsc3-c3cccc(C(F)(F)F)c3)cn2)o1. The third kappa shape index (κ3) is 4.62. The second-order valence-electron chi connectivity index (χ2n) is 6.81. The van der Waals surface area contributed by atoms with Crippen molar-refractivity contribution < 1.29 is 27.2 Å². The maximum atomic E-state index is 13.0. The molecular formula is C21H15F3N4O3S. The van der Waals surface area contributed by atoms with Gasteiger partial charge >= 0.3 is 6.18 Å². The van der Waals surface area contributed by atoms with Gasteiger partial charge in [0.05, 0.1) is 34.4 Å². The molecule has 4 aromatic rings. The van der Waals surface area contributed by atoms with Crippen LogP contribution in [0.15, 0.2) is 58.7 Å². The van der Waals surface area contributed by atoms with Gasteiger partial charge in [-0.25, -0.2) is 4.98 Å². The van der Waals surface area contributed by atoms with E-state index >= 15 is 0 Å². The molecule has 7 nitrogen and oxygen atoms in total. The van der Waals surface area contributed by atoms with Crippen molar-refractivity contribution in [1.82, 2.24) is 14.8 Å². The number of nitrogens with one attached hydrogen (secondary N) is 1. The number of amides is 1. The summed E-state index contributed by atoms with van der Waals surface area (Å²) in [7, 11) is 0. The molecule has 0 aliphatic carbocycles. The molecule has 0 unspecified atom stereocenters. The minimum absolute atomic E-state index is 0.0132. The Morgan fingerprint density at radius 2 is 2.03 bits per heavy atom. The van der Waals surface area contributed by atoms with Gasteiger partial charge < -0.3 is 9.73 Å². The van der Waals surface area contributed by atoms with Gasteiger partial charge in [0.2, 0.25) is 0 Å². The molecule has 164 valence electrons. The van der Waals surface area contributed by atoms with Gasteiger partial charge in [0, 0.05) is 13.1 Å². The fourth-order valence-electron chi connectivity index (χ4n) is 2.97. The average Bonchev–Trinajstić information content (AvgIpc) is 3.48. The summed E-state index contributed by atoms with van der Waals surface area (Å²) in [4.78, 5) is 28.4. The van der Waals surface area contributed by atoms with Crippen LogP contribution in [0.3, 0.4) is 0 Å². The lowest BCUT2D eigenvalue weighted by atomic mass is 10.1. The van der Waals surface area contributed by atoms with Crippen LogP contribution >= 0.6 is 11.3 Å². The van der Waals surface area contributed by atoms with E-state index in [4.69, 9.17) is 4.42 Å². The van der Waals surface area contributed by atoms with Gasteiger partial charge in [0.15, 0.2) is 11.5 Å². The number of rotatable bonds is 6. The van der Waals surface area contributed by atoms with Crippen molar-refractivity contribution in [2.24, 2.45) is 0 Å². The summed E-state index contributed by atoms with van der Waals surface area (Å²) in [5.41, 5.74) is 1.23. The number of carbonyl (C=O) groups excluding carboxylic acids is 2. The highest BCUT2D eigenvalue weighted by atomic mass is 32.1. The van der Waals surface area contributed by atoms with Gasteiger partial charge in [-0.3, -0.25) is 14.3 Å². The lowest BCUT2D eigenvalue weighted by Crippen LogP contribution is -2.13. The van der Waals surface area contributed by atoms with E-state index in [1.807, 2.05) is 0 Å². The number of halogens is 3. The van der Waals surface area contributed by atoms with Crippen molar-refractivity contribution >= 4 is 28.7 Å². The molecule has 0 saturated carbocycles. The van der Waals surface area contributed by atoms with Crippen molar-refractivity contribution in [3.05, 3.63) is 77.1 Å². The molecule has 11 heteroatoms. The Morgan fingerprint density at radius 3 is 2.75 bits per heavy atom. The van der Waals surface area contributed by atoms with Crippen LogP contribution in [0.4, 0.5) is 18.9 Å². The molecule has 0 spiro atoms. The summed E-state index contributed by atoms with van der Waals surface area (Å²) in [6.45, 7) is 1.64. The van der Waals surface area contributed by atoms with Gasteiger partial charge in [0.1, 0.15) is 11.5 Å². The van der Waals surface area contributed by atoms with Crippen LogP contribution in [0.2, 0.25) is 0 Å². The first-order valence-electron chi connectivity index (χ1n) is 9.25. The molecule has 1 aromatic carbocycles. The van der Waals surface area contributed by atoms with E-state index in [-0.39, 0.29) is 29.3 Å². The number of alkyl halides is 3. The van der Waals surface area contributed by atoms with Gasteiger partial charge in [-0.15, -0.1) is 11.3 Å². The third-order valence-electron chi connectivity index (χ3n) is 4.45. The van der Waals surface area contributed by atoms with Crippen LogP contribution in [0.1, 0.15) is 39.3 Å². The first kappa shape index (κ1) is 21.5. The minimum atomic E-state index is -4.49. The highest BCUT2D eigenvalue weighted by Gasteiger charge is 2.31. The fraction of sp³-hybridized carbons (Fsp3) is 0.143. The summed E-state index contributed by atoms with van der Waals surface area (Å²) in [6.07, 6.45) is -1.51. The fourth-order valence-corrected chi connectivity index (χ4v) is 3.75. The number of aromatic nitrogens is 3. The van der Waals surface area contributed by atoms with Crippen molar-refractivity contribution in [1.29, 1.82) is 0 Å². The Balaban J connectivity index is 1.49. The molecule has 4 rings (SSSR count). The molecular weight excluding hydrogens is 445 g/mol. The standard InChI is InChI=1S/C21H15F3N4O3S/c1-12(29)17-6-5-16(31-17)10-28-9-15(8-26-28)27-20(30)18-19(32-11-25-18)13-3-2-4-14(7-13)21(22,23)24/h2-9,11H,10H2,1H3,(H,27,30). The van der Waals surface area contributed by atoms with Gasteiger partial charge in [-0.05, 0) is 29.8 Å². The number of nitrogens with zero attached hydrogens (tertiary/aromatic N) is 3. The summed E-state index contributed by atoms with van der Waals surface area (Å²) in [5.74, 6) is -0.00608.